The molecule has 0 spiro atoms. The number of amides is 1. The summed E-state index contributed by atoms with van der Waals surface area (Å²) in [7, 11) is -2.52. The fraction of sp³-hybridized carbons (Fsp3) is 0.368. The van der Waals surface area contributed by atoms with Gasteiger partial charge in [-0.1, -0.05) is 26.0 Å². The van der Waals surface area contributed by atoms with E-state index in [1.807, 2.05) is 26.0 Å². The van der Waals surface area contributed by atoms with Gasteiger partial charge in [-0.15, -0.1) is 0 Å². The maximum atomic E-state index is 12.8. The number of nitrogens with one attached hydrogen (secondary N) is 2. The third-order valence-electron chi connectivity index (χ3n) is 4.06. The molecule has 0 aliphatic carbocycles. The van der Waals surface area contributed by atoms with Crippen LogP contribution >= 0.6 is 0 Å². The molecule has 2 rings (SSSR count). The molecular formula is C19H25N3O4S. The van der Waals surface area contributed by atoms with Gasteiger partial charge in [-0.2, -0.15) is 4.72 Å². The first-order valence-electron chi connectivity index (χ1n) is 8.61. The number of sulfonamides is 1. The van der Waals surface area contributed by atoms with Crippen molar-refractivity contribution in [2.24, 2.45) is 0 Å². The lowest BCUT2D eigenvalue weighted by atomic mass is 10.0. The molecule has 1 heterocycles. The summed E-state index contributed by atoms with van der Waals surface area (Å²) >= 11 is 0. The van der Waals surface area contributed by atoms with Gasteiger partial charge in [0.05, 0.1) is 13.2 Å². The average molecular weight is 391 g/mol. The molecule has 0 radical (unpaired) electrons. The van der Waals surface area contributed by atoms with E-state index in [9.17, 15) is 13.2 Å². The molecule has 0 saturated heterocycles. The van der Waals surface area contributed by atoms with Crippen LogP contribution in [0.1, 0.15) is 37.8 Å². The summed E-state index contributed by atoms with van der Waals surface area (Å²) in [5, 5.41) is 2.69. The molecule has 1 aromatic heterocycles. The molecule has 1 unspecified atom stereocenters. The van der Waals surface area contributed by atoms with Crippen molar-refractivity contribution in [3.05, 3.63) is 53.9 Å². The van der Waals surface area contributed by atoms with Crippen LogP contribution in [0.3, 0.4) is 0 Å². The number of hydrogen-bond acceptors (Lipinski definition) is 5. The van der Waals surface area contributed by atoms with Crippen molar-refractivity contribution in [2.45, 2.75) is 44.2 Å². The number of benzene rings is 1. The molecule has 27 heavy (non-hydrogen) atoms. The highest BCUT2D eigenvalue weighted by atomic mass is 32.2. The largest absolute Gasteiger partial charge is 0.495 e. The van der Waals surface area contributed by atoms with Crippen molar-refractivity contribution >= 4 is 15.9 Å². The second-order valence-corrected chi connectivity index (χ2v) is 8.17. The molecule has 0 saturated carbocycles. The Balaban J connectivity index is 2.12. The molecule has 0 bridgehead atoms. The van der Waals surface area contributed by atoms with Crippen molar-refractivity contribution in [3.63, 3.8) is 0 Å². The van der Waals surface area contributed by atoms with Crippen LogP contribution in [0, 0.1) is 0 Å². The highest BCUT2D eigenvalue weighted by Crippen LogP contribution is 2.28. The normalized spacial score (nSPS) is 12.6. The minimum atomic E-state index is -3.93. The molecule has 2 N–H and O–H groups in total. The van der Waals surface area contributed by atoms with Gasteiger partial charge in [-0.3, -0.25) is 9.78 Å². The molecule has 8 heteroatoms. The monoisotopic (exact) mass is 391 g/mol. The van der Waals surface area contributed by atoms with Crippen LogP contribution in [0.4, 0.5) is 0 Å². The van der Waals surface area contributed by atoms with Crippen LogP contribution < -0.4 is 14.8 Å². The van der Waals surface area contributed by atoms with E-state index < -0.39 is 22.0 Å². The Morgan fingerprint density at radius 3 is 2.56 bits per heavy atom. The van der Waals surface area contributed by atoms with Crippen molar-refractivity contribution in [1.29, 1.82) is 0 Å². The number of aromatic nitrogens is 1. The Hall–Kier alpha value is -2.45. The maximum absolute atomic E-state index is 12.8. The lowest BCUT2D eigenvalue weighted by Gasteiger charge is -2.17. The number of nitrogens with zero attached hydrogens (tertiary/aromatic N) is 1. The van der Waals surface area contributed by atoms with Crippen LogP contribution in [0.15, 0.2) is 47.6 Å². The summed E-state index contributed by atoms with van der Waals surface area (Å²) in [5.41, 5.74) is 1.69. The summed E-state index contributed by atoms with van der Waals surface area (Å²) in [6.45, 7) is 5.71. The highest BCUT2D eigenvalue weighted by molar-refractivity contribution is 7.89. The van der Waals surface area contributed by atoms with Gasteiger partial charge < -0.3 is 10.1 Å². The first kappa shape index (κ1) is 20.9. The van der Waals surface area contributed by atoms with Gasteiger partial charge in [0.25, 0.3) is 0 Å². The van der Waals surface area contributed by atoms with Crippen molar-refractivity contribution in [1.82, 2.24) is 15.0 Å². The van der Waals surface area contributed by atoms with Crippen LogP contribution in [0.5, 0.6) is 5.75 Å². The zero-order chi connectivity index (χ0) is 20.0. The number of ether oxygens (including phenoxy) is 1. The predicted octanol–water partition coefficient (Wildman–Crippen LogP) is 2.20. The third kappa shape index (κ3) is 5.51. The Bertz CT molecular complexity index is 883. The van der Waals surface area contributed by atoms with Crippen LogP contribution in [0.25, 0.3) is 0 Å². The molecule has 146 valence electrons. The van der Waals surface area contributed by atoms with E-state index in [1.165, 1.54) is 14.0 Å². The lowest BCUT2D eigenvalue weighted by Crippen LogP contribution is -2.44. The van der Waals surface area contributed by atoms with E-state index in [-0.39, 0.29) is 23.1 Å². The molecular weight excluding hydrogens is 366 g/mol. The van der Waals surface area contributed by atoms with Gasteiger partial charge in [-0.25, -0.2) is 8.42 Å². The SMILES string of the molecule is COc1ccc(C(C)C)cc1S(=O)(=O)NC(C)C(=O)NCc1cccnc1. The molecule has 0 aliphatic rings. The molecule has 0 aliphatic heterocycles. The predicted molar refractivity (Wildman–Crippen MR) is 103 cm³/mol. The van der Waals surface area contributed by atoms with Crippen LogP contribution in [0.2, 0.25) is 0 Å². The fourth-order valence-electron chi connectivity index (χ4n) is 2.46. The molecule has 7 nitrogen and oxygen atoms in total. The Labute approximate surface area is 160 Å². The number of rotatable bonds is 8. The smallest absolute Gasteiger partial charge is 0.244 e. The van der Waals surface area contributed by atoms with E-state index in [4.69, 9.17) is 4.74 Å². The molecule has 1 amide bonds. The van der Waals surface area contributed by atoms with Crippen molar-refractivity contribution in [2.75, 3.05) is 7.11 Å². The minimum Gasteiger partial charge on any atom is -0.495 e. The zero-order valence-corrected chi connectivity index (χ0v) is 16.7. The molecule has 2 aromatic rings. The number of carbonyl (C=O) groups is 1. The summed E-state index contributed by atoms with van der Waals surface area (Å²) in [6, 6.07) is 7.67. The Morgan fingerprint density at radius 2 is 1.96 bits per heavy atom. The summed E-state index contributed by atoms with van der Waals surface area (Å²) in [6.07, 6.45) is 3.28. The van der Waals surface area contributed by atoms with Gasteiger partial charge in [0.1, 0.15) is 10.6 Å². The van der Waals surface area contributed by atoms with Gasteiger partial charge in [0.2, 0.25) is 15.9 Å². The highest BCUT2D eigenvalue weighted by Gasteiger charge is 2.25. The number of hydrogen-bond donors (Lipinski definition) is 2. The minimum absolute atomic E-state index is 0.0168. The second kappa shape index (κ2) is 8.96. The van der Waals surface area contributed by atoms with Gasteiger partial charge in [0, 0.05) is 18.9 Å². The average Bonchev–Trinajstić information content (AvgIpc) is 2.65. The molecule has 1 aromatic carbocycles. The van der Waals surface area contributed by atoms with E-state index in [0.29, 0.717) is 0 Å². The van der Waals surface area contributed by atoms with Gasteiger partial charge in [-0.05, 0) is 42.2 Å². The number of pyridine rings is 1. The molecule has 1 atom stereocenters. The van der Waals surface area contributed by atoms with E-state index in [0.717, 1.165) is 11.1 Å². The third-order valence-corrected chi connectivity index (χ3v) is 5.62. The first-order valence-corrected chi connectivity index (χ1v) is 10.1. The fourth-order valence-corrected chi connectivity index (χ4v) is 3.86. The Kier molecular flexibility index (Phi) is 6.92. The lowest BCUT2D eigenvalue weighted by molar-refractivity contribution is -0.122. The van der Waals surface area contributed by atoms with Crippen LogP contribution in [-0.4, -0.2) is 32.5 Å². The van der Waals surface area contributed by atoms with E-state index in [1.54, 1.807) is 30.6 Å². The Morgan fingerprint density at radius 1 is 1.22 bits per heavy atom. The van der Waals surface area contributed by atoms with Gasteiger partial charge >= 0.3 is 0 Å². The van der Waals surface area contributed by atoms with E-state index >= 15 is 0 Å². The summed E-state index contributed by atoms with van der Waals surface area (Å²) in [4.78, 5) is 16.3. The van der Waals surface area contributed by atoms with Gasteiger partial charge in [0.15, 0.2) is 0 Å². The second-order valence-electron chi connectivity index (χ2n) is 6.49. The number of methoxy groups -OCH3 is 1. The van der Waals surface area contributed by atoms with Crippen LogP contribution in [-0.2, 0) is 21.4 Å². The zero-order valence-electron chi connectivity index (χ0n) is 15.9. The summed E-state index contributed by atoms with van der Waals surface area (Å²) in [5.74, 6) is -0.0404. The number of carbonyl (C=O) groups excluding carboxylic acids is 1. The first-order chi connectivity index (χ1) is 12.7. The van der Waals surface area contributed by atoms with Crippen molar-refractivity contribution in [3.8, 4) is 5.75 Å². The standard InChI is InChI=1S/C19H25N3O4S/c1-13(2)16-7-8-17(26-4)18(10-16)27(24,25)22-14(3)19(23)21-12-15-6-5-9-20-11-15/h5-11,13-14,22H,12H2,1-4H3,(H,21,23). The summed E-state index contributed by atoms with van der Waals surface area (Å²) < 4.78 is 33.2. The molecule has 0 fully saturated rings. The quantitative estimate of drug-likeness (QED) is 0.719. The topological polar surface area (TPSA) is 97.4 Å². The van der Waals surface area contributed by atoms with E-state index in [2.05, 4.69) is 15.0 Å². The van der Waals surface area contributed by atoms with Crippen molar-refractivity contribution < 1.29 is 17.9 Å². The maximum Gasteiger partial charge on any atom is 0.244 e.